The van der Waals surface area contributed by atoms with E-state index in [1.165, 1.54) is 0 Å². The van der Waals surface area contributed by atoms with Crippen molar-refractivity contribution in [2.24, 2.45) is 11.0 Å². The van der Waals surface area contributed by atoms with Crippen LogP contribution in [0.1, 0.15) is 6.92 Å². The van der Waals surface area contributed by atoms with Gasteiger partial charge in [0.2, 0.25) is 5.90 Å². The fourth-order valence-corrected chi connectivity index (χ4v) is 1.77. The zero-order valence-electron chi connectivity index (χ0n) is 9.51. The van der Waals surface area contributed by atoms with Gasteiger partial charge in [0.1, 0.15) is 14.0 Å². The standard InChI is InChI=1S/C10H18N2OSi/c1-8-9(6-7-14(3,4)5)10(13-2)12-11-8/h8-9,11H,1-5H3. The van der Waals surface area contributed by atoms with E-state index < -0.39 is 8.07 Å². The Kier molecular flexibility index (Phi) is 3.22. The van der Waals surface area contributed by atoms with Crippen LogP contribution in [-0.4, -0.2) is 27.1 Å². The van der Waals surface area contributed by atoms with Crippen LogP contribution in [-0.2, 0) is 4.74 Å². The van der Waals surface area contributed by atoms with E-state index in [2.05, 4.69) is 48.6 Å². The lowest BCUT2D eigenvalue weighted by Crippen LogP contribution is -2.27. The summed E-state index contributed by atoms with van der Waals surface area (Å²) in [5.74, 6) is 4.09. The zero-order valence-corrected chi connectivity index (χ0v) is 10.5. The SMILES string of the molecule is COC1=NNC(C)C1C#C[Si](C)(C)C. The second-order valence-electron chi connectivity index (χ2n) is 4.57. The maximum atomic E-state index is 5.16. The normalized spacial score (nSPS) is 25.9. The van der Waals surface area contributed by atoms with Crippen molar-refractivity contribution in [3.8, 4) is 11.5 Å². The Morgan fingerprint density at radius 1 is 1.43 bits per heavy atom. The highest BCUT2D eigenvalue weighted by Crippen LogP contribution is 2.12. The van der Waals surface area contributed by atoms with Crippen LogP contribution in [0.3, 0.4) is 0 Å². The van der Waals surface area contributed by atoms with Gasteiger partial charge in [-0.1, -0.05) is 25.6 Å². The van der Waals surface area contributed by atoms with Gasteiger partial charge in [-0.05, 0) is 6.92 Å². The molecule has 0 saturated heterocycles. The fraction of sp³-hybridized carbons (Fsp3) is 0.700. The molecule has 1 aliphatic rings. The van der Waals surface area contributed by atoms with Crippen LogP contribution in [0.5, 0.6) is 0 Å². The van der Waals surface area contributed by atoms with Crippen LogP contribution in [0, 0.1) is 17.4 Å². The van der Waals surface area contributed by atoms with Crippen molar-refractivity contribution < 1.29 is 4.74 Å². The van der Waals surface area contributed by atoms with Crippen LogP contribution in [0.2, 0.25) is 19.6 Å². The third kappa shape index (κ3) is 2.77. The second-order valence-corrected chi connectivity index (χ2v) is 9.32. The zero-order chi connectivity index (χ0) is 10.8. The van der Waals surface area contributed by atoms with Gasteiger partial charge in [-0.25, -0.2) is 0 Å². The first-order chi connectivity index (χ1) is 6.44. The number of methoxy groups -OCH3 is 1. The summed E-state index contributed by atoms with van der Waals surface area (Å²) in [7, 11) is 0.344. The van der Waals surface area contributed by atoms with E-state index in [0.717, 1.165) is 0 Å². The van der Waals surface area contributed by atoms with E-state index in [1.807, 2.05) is 0 Å². The Morgan fingerprint density at radius 2 is 2.07 bits per heavy atom. The van der Waals surface area contributed by atoms with Gasteiger partial charge in [0.25, 0.3) is 0 Å². The van der Waals surface area contributed by atoms with Crippen LogP contribution in [0.25, 0.3) is 0 Å². The van der Waals surface area contributed by atoms with Crippen LogP contribution in [0.4, 0.5) is 0 Å². The molecule has 2 unspecified atom stereocenters. The molecule has 1 rings (SSSR count). The van der Waals surface area contributed by atoms with Crippen LogP contribution >= 0.6 is 0 Å². The van der Waals surface area contributed by atoms with Crippen molar-refractivity contribution in [1.29, 1.82) is 0 Å². The van der Waals surface area contributed by atoms with Gasteiger partial charge in [0, 0.05) is 0 Å². The molecule has 1 aliphatic heterocycles. The number of ether oxygens (including phenoxy) is 1. The lowest BCUT2D eigenvalue weighted by Gasteiger charge is -2.10. The Morgan fingerprint density at radius 3 is 2.57 bits per heavy atom. The van der Waals surface area contributed by atoms with Gasteiger partial charge >= 0.3 is 0 Å². The molecule has 0 aliphatic carbocycles. The minimum absolute atomic E-state index is 0.117. The van der Waals surface area contributed by atoms with Gasteiger partial charge in [-0.15, -0.1) is 10.6 Å². The minimum Gasteiger partial charge on any atom is -0.482 e. The van der Waals surface area contributed by atoms with Crippen molar-refractivity contribution in [3.63, 3.8) is 0 Å². The summed E-state index contributed by atoms with van der Waals surface area (Å²) in [6.07, 6.45) is 0. The molecular weight excluding hydrogens is 192 g/mol. The highest BCUT2D eigenvalue weighted by molar-refractivity contribution is 6.83. The molecule has 0 aromatic carbocycles. The third-order valence-corrected chi connectivity index (χ3v) is 2.85. The molecule has 14 heavy (non-hydrogen) atoms. The molecule has 4 heteroatoms. The molecule has 0 spiro atoms. The molecular formula is C10H18N2OSi. The molecule has 0 fully saturated rings. The Balaban J connectivity index is 2.75. The molecule has 0 bridgehead atoms. The predicted molar refractivity (Wildman–Crippen MR) is 61.7 cm³/mol. The second kappa shape index (κ2) is 4.05. The van der Waals surface area contributed by atoms with Crippen LogP contribution in [0.15, 0.2) is 5.10 Å². The smallest absolute Gasteiger partial charge is 0.222 e. The van der Waals surface area contributed by atoms with E-state index >= 15 is 0 Å². The van der Waals surface area contributed by atoms with E-state index in [9.17, 15) is 0 Å². The van der Waals surface area contributed by atoms with Gasteiger partial charge in [0.05, 0.1) is 13.2 Å². The van der Waals surface area contributed by atoms with E-state index in [4.69, 9.17) is 4.74 Å². The van der Waals surface area contributed by atoms with Crippen molar-refractivity contribution in [3.05, 3.63) is 0 Å². The number of hydrazone groups is 1. The largest absolute Gasteiger partial charge is 0.482 e. The van der Waals surface area contributed by atoms with E-state index in [0.29, 0.717) is 5.90 Å². The summed E-state index contributed by atoms with van der Waals surface area (Å²) >= 11 is 0. The maximum Gasteiger partial charge on any atom is 0.222 e. The van der Waals surface area contributed by atoms with E-state index in [1.54, 1.807) is 7.11 Å². The summed E-state index contributed by atoms with van der Waals surface area (Å²) in [5.41, 5.74) is 6.33. The summed E-state index contributed by atoms with van der Waals surface area (Å²) in [5, 5.41) is 4.07. The van der Waals surface area contributed by atoms with Crippen molar-refractivity contribution >= 4 is 14.0 Å². The Bertz CT molecular complexity index is 295. The number of rotatable bonds is 0. The Hall–Kier alpha value is -0.953. The summed E-state index contributed by atoms with van der Waals surface area (Å²) in [4.78, 5) is 0. The minimum atomic E-state index is -1.30. The molecule has 0 aromatic heterocycles. The summed E-state index contributed by atoms with van der Waals surface area (Å²) < 4.78 is 5.16. The summed E-state index contributed by atoms with van der Waals surface area (Å²) in [6, 6.07) is 0.258. The van der Waals surface area contributed by atoms with Gasteiger partial charge in [0.15, 0.2) is 0 Å². The first-order valence-electron chi connectivity index (χ1n) is 4.84. The average Bonchev–Trinajstić information content (AvgIpc) is 2.41. The molecule has 0 radical (unpaired) electrons. The monoisotopic (exact) mass is 210 g/mol. The number of hydrogen-bond acceptors (Lipinski definition) is 3. The molecule has 2 atom stereocenters. The fourth-order valence-electron chi connectivity index (χ4n) is 1.18. The topological polar surface area (TPSA) is 33.6 Å². The van der Waals surface area contributed by atoms with Gasteiger partial charge < -0.3 is 10.2 Å². The number of hydrogen-bond donors (Lipinski definition) is 1. The quantitative estimate of drug-likeness (QED) is 0.485. The lowest BCUT2D eigenvalue weighted by atomic mass is 10.0. The number of nitrogens with zero attached hydrogens (tertiary/aromatic N) is 1. The molecule has 3 nitrogen and oxygen atoms in total. The summed E-state index contributed by atoms with van der Waals surface area (Å²) in [6.45, 7) is 8.77. The van der Waals surface area contributed by atoms with Crippen molar-refractivity contribution in [2.75, 3.05) is 7.11 Å². The van der Waals surface area contributed by atoms with Crippen LogP contribution < -0.4 is 5.43 Å². The van der Waals surface area contributed by atoms with E-state index in [-0.39, 0.29) is 12.0 Å². The predicted octanol–water partition coefficient (Wildman–Crippen LogP) is 1.44. The first kappa shape index (κ1) is 11.1. The number of nitrogens with one attached hydrogen (secondary N) is 1. The highest BCUT2D eigenvalue weighted by atomic mass is 28.3. The lowest BCUT2D eigenvalue weighted by molar-refractivity contribution is 0.382. The molecule has 0 aromatic rings. The van der Waals surface area contributed by atoms with Gasteiger partial charge in [-0.2, -0.15) is 0 Å². The third-order valence-electron chi connectivity index (χ3n) is 1.96. The molecule has 1 N–H and O–H groups in total. The average molecular weight is 210 g/mol. The first-order valence-corrected chi connectivity index (χ1v) is 8.34. The highest BCUT2D eigenvalue weighted by Gasteiger charge is 2.27. The van der Waals surface area contributed by atoms with Crippen molar-refractivity contribution in [1.82, 2.24) is 5.43 Å². The maximum absolute atomic E-state index is 5.16. The van der Waals surface area contributed by atoms with Gasteiger partial charge in [-0.3, -0.25) is 0 Å². The van der Waals surface area contributed by atoms with Crippen molar-refractivity contribution in [2.45, 2.75) is 32.6 Å². The molecule has 0 amide bonds. The molecule has 78 valence electrons. The molecule has 0 saturated carbocycles. The molecule has 1 heterocycles. The Labute approximate surface area is 86.9 Å².